The van der Waals surface area contributed by atoms with Crippen LogP contribution in [0.3, 0.4) is 0 Å². The zero-order valence-electron chi connectivity index (χ0n) is 10.9. The molecule has 104 valence electrons. The van der Waals surface area contributed by atoms with Crippen LogP contribution in [0.15, 0.2) is 51.8 Å². The van der Waals surface area contributed by atoms with Gasteiger partial charge in [-0.15, -0.1) is 11.3 Å². The van der Waals surface area contributed by atoms with Crippen LogP contribution in [-0.4, -0.2) is 0 Å². The Bertz CT molecular complexity index is 645. The SMILES string of the molecule is CC(NC(c1ccco1)c1ccc(Cl)s1)c1ccsc1. The smallest absolute Gasteiger partial charge is 0.126 e. The Labute approximate surface area is 131 Å². The molecule has 2 atom stereocenters. The minimum atomic E-state index is 0.0254. The van der Waals surface area contributed by atoms with Gasteiger partial charge in [0, 0.05) is 10.9 Å². The summed E-state index contributed by atoms with van der Waals surface area (Å²) in [5, 5.41) is 7.88. The van der Waals surface area contributed by atoms with Crippen LogP contribution in [0, 0.1) is 0 Å². The summed E-state index contributed by atoms with van der Waals surface area (Å²) in [5.41, 5.74) is 1.29. The van der Waals surface area contributed by atoms with Crippen LogP contribution in [0.4, 0.5) is 0 Å². The van der Waals surface area contributed by atoms with Gasteiger partial charge >= 0.3 is 0 Å². The maximum Gasteiger partial charge on any atom is 0.126 e. The fraction of sp³-hybridized carbons (Fsp3) is 0.200. The van der Waals surface area contributed by atoms with Crippen LogP contribution >= 0.6 is 34.3 Å². The van der Waals surface area contributed by atoms with Crippen LogP contribution in [-0.2, 0) is 0 Å². The van der Waals surface area contributed by atoms with Crippen molar-refractivity contribution in [2.75, 3.05) is 0 Å². The third kappa shape index (κ3) is 2.99. The first-order chi connectivity index (χ1) is 9.74. The summed E-state index contributed by atoms with van der Waals surface area (Å²) in [7, 11) is 0. The molecule has 20 heavy (non-hydrogen) atoms. The summed E-state index contributed by atoms with van der Waals surface area (Å²) >= 11 is 9.35. The summed E-state index contributed by atoms with van der Waals surface area (Å²) in [6, 6.07) is 10.3. The van der Waals surface area contributed by atoms with E-state index in [1.165, 1.54) is 5.56 Å². The third-order valence-electron chi connectivity index (χ3n) is 3.17. The highest BCUT2D eigenvalue weighted by atomic mass is 35.5. The molecule has 5 heteroatoms. The quantitative estimate of drug-likeness (QED) is 0.671. The monoisotopic (exact) mass is 323 g/mol. The molecule has 3 heterocycles. The van der Waals surface area contributed by atoms with Crippen molar-refractivity contribution in [2.24, 2.45) is 0 Å². The molecule has 1 N–H and O–H groups in total. The topological polar surface area (TPSA) is 25.2 Å². The molecule has 0 fully saturated rings. The van der Waals surface area contributed by atoms with Gasteiger partial charge in [-0.2, -0.15) is 11.3 Å². The van der Waals surface area contributed by atoms with E-state index in [1.807, 2.05) is 24.3 Å². The molecule has 0 bridgehead atoms. The van der Waals surface area contributed by atoms with Crippen molar-refractivity contribution < 1.29 is 4.42 Å². The molecule has 0 aliphatic rings. The Morgan fingerprint density at radius 2 is 2.15 bits per heavy atom. The molecule has 3 rings (SSSR count). The molecule has 0 radical (unpaired) electrons. The summed E-state index contributed by atoms with van der Waals surface area (Å²) in [5.74, 6) is 0.908. The van der Waals surface area contributed by atoms with Gasteiger partial charge in [0.2, 0.25) is 0 Å². The van der Waals surface area contributed by atoms with Crippen molar-refractivity contribution in [2.45, 2.75) is 19.0 Å². The average molecular weight is 324 g/mol. The molecular weight excluding hydrogens is 310 g/mol. The number of hydrogen-bond donors (Lipinski definition) is 1. The number of thiophene rings is 2. The van der Waals surface area contributed by atoms with Gasteiger partial charge in [0.15, 0.2) is 0 Å². The Morgan fingerprint density at radius 1 is 1.25 bits per heavy atom. The molecule has 3 aromatic heterocycles. The lowest BCUT2D eigenvalue weighted by atomic mass is 10.1. The maximum absolute atomic E-state index is 6.06. The van der Waals surface area contributed by atoms with Crippen LogP contribution < -0.4 is 5.32 Å². The van der Waals surface area contributed by atoms with Gasteiger partial charge < -0.3 is 4.42 Å². The van der Waals surface area contributed by atoms with Crippen molar-refractivity contribution in [3.05, 3.63) is 67.9 Å². The molecule has 0 saturated carbocycles. The van der Waals surface area contributed by atoms with Crippen LogP contribution in [0.1, 0.15) is 35.2 Å². The molecule has 2 nitrogen and oxygen atoms in total. The van der Waals surface area contributed by atoms with Gasteiger partial charge in [-0.25, -0.2) is 0 Å². The van der Waals surface area contributed by atoms with E-state index in [9.17, 15) is 0 Å². The van der Waals surface area contributed by atoms with E-state index in [2.05, 4.69) is 29.1 Å². The molecule has 0 aliphatic heterocycles. The summed E-state index contributed by atoms with van der Waals surface area (Å²) < 4.78 is 6.37. The summed E-state index contributed by atoms with van der Waals surface area (Å²) in [6.45, 7) is 2.16. The first-order valence-corrected chi connectivity index (χ1v) is 8.44. The van der Waals surface area contributed by atoms with Gasteiger partial charge in [-0.1, -0.05) is 11.6 Å². The molecule has 0 saturated heterocycles. The van der Waals surface area contributed by atoms with Gasteiger partial charge in [0.05, 0.1) is 10.6 Å². The predicted octanol–water partition coefficient (Wildman–Crippen LogP) is 5.50. The molecular formula is C15H14ClNOS2. The Morgan fingerprint density at radius 3 is 2.75 bits per heavy atom. The zero-order valence-corrected chi connectivity index (χ0v) is 13.3. The molecule has 0 aromatic carbocycles. The fourth-order valence-electron chi connectivity index (χ4n) is 2.11. The predicted molar refractivity (Wildman–Crippen MR) is 85.7 cm³/mol. The van der Waals surface area contributed by atoms with Crippen molar-refractivity contribution in [1.29, 1.82) is 0 Å². The number of rotatable bonds is 5. The van der Waals surface area contributed by atoms with Gasteiger partial charge in [-0.05, 0) is 53.6 Å². The first-order valence-electron chi connectivity index (χ1n) is 6.31. The summed E-state index contributed by atoms with van der Waals surface area (Å²) in [4.78, 5) is 1.16. The largest absolute Gasteiger partial charge is 0.467 e. The first kappa shape index (κ1) is 13.9. The Kier molecular flexibility index (Phi) is 4.27. The Hall–Kier alpha value is -1.07. The molecule has 0 amide bonds. The standard InChI is InChI=1S/C15H14ClNOS2/c1-10(11-6-8-19-9-11)17-15(12-3-2-7-18-12)13-4-5-14(16)20-13/h2-10,15,17H,1H3. The second-order valence-corrected chi connectivity index (χ2v) is 7.06. The summed E-state index contributed by atoms with van der Waals surface area (Å²) in [6.07, 6.45) is 1.70. The van der Waals surface area contributed by atoms with Gasteiger partial charge in [0.25, 0.3) is 0 Å². The van der Waals surface area contributed by atoms with E-state index in [0.717, 1.165) is 15.0 Å². The van der Waals surface area contributed by atoms with Gasteiger partial charge in [-0.3, -0.25) is 5.32 Å². The molecule has 2 unspecified atom stereocenters. The normalized spacial score (nSPS) is 14.3. The zero-order chi connectivity index (χ0) is 13.9. The lowest BCUT2D eigenvalue weighted by molar-refractivity contribution is 0.423. The molecule has 0 aliphatic carbocycles. The molecule has 0 spiro atoms. The average Bonchev–Trinajstić information content (AvgIpc) is 3.17. The molecule has 3 aromatic rings. The van der Waals surface area contributed by atoms with E-state index in [1.54, 1.807) is 28.9 Å². The number of hydrogen-bond acceptors (Lipinski definition) is 4. The van der Waals surface area contributed by atoms with Crippen molar-refractivity contribution >= 4 is 34.3 Å². The van der Waals surface area contributed by atoms with E-state index in [0.29, 0.717) is 0 Å². The van der Waals surface area contributed by atoms with Crippen LogP contribution in [0.25, 0.3) is 0 Å². The fourth-order valence-corrected chi connectivity index (χ4v) is 3.99. The van der Waals surface area contributed by atoms with Crippen LogP contribution in [0.5, 0.6) is 0 Å². The highest BCUT2D eigenvalue weighted by molar-refractivity contribution is 7.16. The minimum absolute atomic E-state index is 0.0254. The van der Waals surface area contributed by atoms with E-state index in [4.69, 9.17) is 16.0 Å². The van der Waals surface area contributed by atoms with Crippen molar-refractivity contribution in [1.82, 2.24) is 5.32 Å². The van der Waals surface area contributed by atoms with E-state index >= 15 is 0 Å². The lowest BCUT2D eigenvalue weighted by Crippen LogP contribution is -2.24. The number of nitrogens with one attached hydrogen (secondary N) is 1. The highest BCUT2D eigenvalue weighted by Gasteiger charge is 2.21. The number of furan rings is 1. The number of halogens is 1. The lowest BCUT2D eigenvalue weighted by Gasteiger charge is -2.20. The van der Waals surface area contributed by atoms with Gasteiger partial charge in [0.1, 0.15) is 11.8 Å². The highest BCUT2D eigenvalue weighted by Crippen LogP contribution is 2.33. The second-order valence-electron chi connectivity index (χ2n) is 4.54. The minimum Gasteiger partial charge on any atom is -0.467 e. The van der Waals surface area contributed by atoms with E-state index in [-0.39, 0.29) is 12.1 Å². The van der Waals surface area contributed by atoms with Crippen LogP contribution in [0.2, 0.25) is 4.34 Å². The van der Waals surface area contributed by atoms with Crippen molar-refractivity contribution in [3.8, 4) is 0 Å². The van der Waals surface area contributed by atoms with E-state index < -0.39 is 0 Å². The Balaban J connectivity index is 1.87. The van der Waals surface area contributed by atoms with Crippen molar-refractivity contribution in [3.63, 3.8) is 0 Å². The second kappa shape index (κ2) is 6.14. The maximum atomic E-state index is 6.06. The third-order valence-corrected chi connectivity index (χ3v) is 5.16.